The predicted molar refractivity (Wildman–Crippen MR) is 80.1 cm³/mol. The molecule has 3 nitrogen and oxygen atoms in total. The van der Waals surface area contributed by atoms with Crippen LogP contribution in [-0.2, 0) is 11.2 Å². The average molecular weight is 298 g/mol. The van der Waals surface area contributed by atoms with Crippen LogP contribution in [0.3, 0.4) is 0 Å². The molecular weight excluding hydrogens is 286 g/mol. The Morgan fingerprint density at radius 2 is 1.82 bits per heavy atom. The van der Waals surface area contributed by atoms with Gasteiger partial charge < -0.3 is 5.32 Å². The van der Waals surface area contributed by atoms with Gasteiger partial charge in [-0.3, -0.25) is 4.79 Å². The van der Waals surface area contributed by atoms with Gasteiger partial charge in [-0.15, -0.1) is 0 Å². The number of amides is 1. The molecule has 5 heteroatoms. The monoisotopic (exact) mass is 298 g/mol. The zero-order valence-electron chi connectivity index (χ0n) is 11.5. The maximum Gasteiger partial charge on any atom is 0.275 e. The third-order valence-corrected chi connectivity index (χ3v) is 3.18. The molecule has 0 aliphatic carbocycles. The fourth-order valence-electron chi connectivity index (χ4n) is 2.15. The molecule has 0 fully saturated rings. The van der Waals surface area contributed by atoms with Crippen molar-refractivity contribution < 1.29 is 13.6 Å². The average Bonchev–Trinajstić information content (AvgIpc) is 2.81. The van der Waals surface area contributed by atoms with E-state index < -0.39 is 0 Å². The van der Waals surface area contributed by atoms with E-state index in [0.29, 0.717) is 17.8 Å². The molecule has 2 aromatic carbocycles. The summed E-state index contributed by atoms with van der Waals surface area (Å²) >= 11 is 0. The Morgan fingerprint density at radius 1 is 1.05 bits per heavy atom. The highest BCUT2D eigenvalue weighted by atomic mass is 19.1. The Kier molecular flexibility index (Phi) is 3.78. The number of amidine groups is 1. The Morgan fingerprint density at radius 3 is 2.55 bits per heavy atom. The summed E-state index contributed by atoms with van der Waals surface area (Å²) < 4.78 is 26.0. The van der Waals surface area contributed by atoms with Gasteiger partial charge in [0.05, 0.1) is 0 Å². The lowest BCUT2D eigenvalue weighted by Gasteiger charge is -2.00. The quantitative estimate of drug-likeness (QED) is 0.869. The highest BCUT2D eigenvalue weighted by molar-refractivity contribution is 6.14. The first-order valence-corrected chi connectivity index (χ1v) is 6.71. The Labute approximate surface area is 126 Å². The summed E-state index contributed by atoms with van der Waals surface area (Å²) in [5.41, 5.74) is 1.63. The van der Waals surface area contributed by atoms with E-state index in [0.717, 1.165) is 5.56 Å². The molecule has 0 atom stereocenters. The molecule has 1 amide bonds. The third kappa shape index (κ3) is 3.25. The number of rotatable bonds is 3. The van der Waals surface area contributed by atoms with Gasteiger partial charge in [0.15, 0.2) is 0 Å². The molecule has 110 valence electrons. The number of carbonyl (C=O) groups excluding carboxylic acids is 1. The maximum absolute atomic E-state index is 13.1. The molecule has 0 unspecified atom stereocenters. The van der Waals surface area contributed by atoms with E-state index in [2.05, 4.69) is 10.3 Å². The van der Waals surface area contributed by atoms with Crippen molar-refractivity contribution in [2.45, 2.75) is 6.42 Å². The third-order valence-electron chi connectivity index (χ3n) is 3.18. The Balaban J connectivity index is 1.80. The minimum Gasteiger partial charge on any atom is -0.308 e. The van der Waals surface area contributed by atoms with Crippen LogP contribution in [0.25, 0.3) is 6.08 Å². The second-order valence-electron chi connectivity index (χ2n) is 4.90. The van der Waals surface area contributed by atoms with Crippen molar-refractivity contribution in [3.63, 3.8) is 0 Å². The van der Waals surface area contributed by atoms with Crippen molar-refractivity contribution in [1.82, 2.24) is 5.32 Å². The SMILES string of the molecule is O=C1NC(Cc2ccc(F)cc2)=N/C1=C/c1cccc(F)c1. The topological polar surface area (TPSA) is 41.5 Å². The fourth-order valence-corrected chi connectivity index (χ4v) is 2.15. The van der Waals surface area contributed by atoms with Crippen LogP contribution in [0.2, 0.25) is 0 Å². The van der Waals surface area contributed by atoms with Crippen molar-refractivity contribution in [2.75, 3.05) is 0 Å². The number of nitrogens with one attached hydrogen (secondary N) is 1. The fraction of sp³-hybridized carbons (Fsp3) is 0.0588. The molecule has 1 heterocycles. The van der Waals surface area contributed by atoms with Gasteiger partial charge in [-0.1, -0.05) is 24.3 Å². The first-order valence-electron chi connectivity index (χ1n) is 6.71. The number of hydrogen-bond donors (Lipinski definition) is 1. The molecule has 22 heavy (non-hydrogen) atoms. The first-order chi connectivity index (χ1) is 10.6. The number of carbonyl (C=O) groups is 1. The summed E-state index contributed by atoms with van der Waals surface area (Å²) in [4.78, 5) is 16.1. The predicted octanol–water partition coefficient (Wildman–Crippen LogP) is 3.08. The molecule has 0 radical (unpaired) electrons. The van der Waals surface area contributed by atoms with Gasteiger partial charge in [0.2, 0.25) is 0 Å². The second-order valence-corrected chi connectivity index (χ2v) is 4.90. The lowest BCUT2D eigenvalue weighted by atomic mass is 10.1. The van der Waals surface area contributed by atoms with Gasteiger partial charge in [0.1, 0.15) is 23.2 Å². The molecule has 0 saturated carbocycles. The summed E-state index contributed by atoms with van der Waals surface area (Å²) in [5.74, 6) is -0.531. The molecular formula is C17H12F2N2O. The highest BCUT2D eigenvalue weighted by Gasteiger charge is 2.19. The minimum atomic E-state index is -0.372. The van der Waals surface area contributed by atoms with Crippen molar-refractivity contribution in [3.8, 4) is 0 Å². The summed E-state index contributed by atoms with van der Waals surface area (Å²) in [6, 6.07) is 11.9. The van der Waals surface area contributed by atoms with Gasteiger partial charge in [0.25, 0.3) is 5.91 Å². The highest BCUT2D eigenvalue weighted by Crippen LogP contribution is 2.15. The van der Waals surface area contributed by atoms with E-state index in [-0.39, 0.29) is 23.2 Å². The molecule has 0 saturated heterocycles. The summed E-state index contributed by atoms with van der Waals surface area (Å²) in [6.45, 7) is 0. The normalized spacial score (nSPS) is 15.8. The molecule has 0 bridgehead atoms. The lowest BCUT2D eigenvalue weighted by Crippen LogP contribution is -2.25. The van der Waals surface area contributed by atoms with E-state index in [1.54, 1.807) is 24.3 Å². The van der Waals surface area contributed by atoms with Crippen LogP contribution in [0.5, 0.6) is 0 Å². The van der Waals surface area contributed by atoms with Gasteiger partial charge in [-0.05, 0) is 41.5 Å². The molecule has 3 rings (SSSR count). The van der Waals surface area contributed by atoms with Gasteiger partial charge >= 0.3 is 0 Å². The van der Waals surface area contributed by atoms with E-state index in [9.17, 15) is 13.6 Å². The summed E-state index contributed by atoms with van der Waals surface area (Å²) in [7, 11) is 0. The molecule has 1 N–H and O–H groups in total. The van der Waals surface area contributed by atoms with Gasteiger partial charge in [0, 0.05) is 6.42 Å². The summed E-state index contributed by atoms with van der Waals surface area (Å²) in [5, 5.41) is 2.66. The van der Waals surface area contributed by atoms with Crippen molar-refractivity contribution >= 4 is 17.8 Å². The van der Waals surface area contributed by atoms with Crippen molar-refractivity contribution in [2.24, 2.45) is 4.99 Å². The van der Waals surface area contributed by atoms with E-state index >= 15 is 0 Å². The molecule has 0 aromatic heterocycles. The van der Waals surface area contributed by atoms with Crippen LogP contribution in [0.15, 0.2) is 59.2 Å². The van der Waals surface area contributed by atoms with E-state index in [4.69, 9.17) is 0 Å². The van der Waals surface area contributed by atoms with Crippen LogP contribution in [-0.4, -0.2) is 11.7 Å². The van der Waals surface area contributed by atoms with Gasteiger partial charge in [-0.25, -0.2) is 13.8 Å². The number of halogens is 2. The Bertz CT molecular complexity index is 780. The minimum absolute atomic E-state index is 0.225. The largest absolute Gasteiger partial charge is 0.308 e. The smallest absolute Gasteiger partial charge is 0.275 e. The number of nitrogens with zero attached hydrogens (tertiary/aromatic N) is 1. The molecule has 0 spiro atoms. The van der Waals surface area contributed by atoms with Crippen molar-refractivity contribution in [3.05, 3.63) is 77.0 Å². The molecule has 1 aliphatic heterocycles. The molecule has 1 aliphatic rings. The van der Waals surface area contributed by atoms with Crippen LogP contribution in [0.1, 0.15) is 11.1 Å². The first kappa shape index (κ1) is 14.1. The Hall–Kier alpha value is -2.82. The second kappa shape index (κ2) is 5.89. The van der Waals surface area contributed by atoms with Crippen LogP contribution >= 0.6 is 0 Å². The number of benzene rings is 2. The maximum atomic E-state index is 13.1. The lowest BCUT2D eigenvalue weighted by molar-refractivity contribution is -0.115. The van der Waals surface area contributed by atoms with E-state index in [1.807, 2.05) is 0 Å². The summed E-state index contributed by atoms with van der Waals surface area (Å²) in [6.07, 6.45) is 1.92. The molecule has 2 aromatic rings. The zero-order chi connectivity index (χ0) is 15.5. The number of aliphatic imine (C=N–C) groups is 1. The number of hydrogen-bond acceptors (Lipinski definition) is 2. The van der Waals surface area contributed by atoms with Crippen molar-refractivity contribution in [1.29, 1.82) is 0 Å². The van der Waals surface area contributed by atoms with Gasteiger partial charge in [-0.2, -0.15) is 0 Å². The zero-order valence-corrected chi connectivity index (χ0v) is 11.5. The van der Waals surface area contributed by atoms with Crippen LogP contribution in [0, 0.1) is 11.6 Å². The standard InChI is InChI=1S/C17H12F2N2O/c18-13-6-4-11(5-7-13)10-16-20-15(17(22)21-16)9-12-2-1-3-14(19)8-12/h1-9H,10H2,(H,20,21,22)/b15-9+. The van der Waals surface area contributed by atoms with Crippen LogP contribution < -0.4 is 5.32 Å². The van der Waals surface area contributed by atoms with E-state index in [1.165, 1.54) is 30.3 Å². The van der Waals surface area contributed by atoms with Crippen LogP contribution in [0.4, 0.5) is 8.78 Å².